The van der Waals surface area contributed by atoms with Crippen LogP contribution in [0.1, 0.15) is 31.2 Å². The highest BCUT2D eigenvalue weighted by molar-refractivity contribution is 5.76. The van der Waals surface area contributed by atoms with E-state index in [0.717, 1.165) is 24.0 Å². The fourth-order valence-electron chi connectivity index (χ4n) is 2.43. The number of hydrogen-bond acceptors (Lipinski definition) is 4. The molecule has 0 saturated carbocycles. The molecule has 5 nitrogen and oxygen atoms in total. The summed E-state index contributed by atoms with van der Waals surface area (Å²) >= 11 is 0. The Bertz CT molecular complexity index is 568. The van der Waals surface area contributed by atoms with Gasteiger partial charge in [0, 0.05) is 13.0 Å². The molecule has 24 heavy (non-hydrogen) atoms. The average Bonchev–Trinajstić information content (AvgIpc) is 2.61. The van der Waals surface area contributed by atoms with Gasteiger partial charge in [0.25, 0.3) is 0 Å². The highest BCUT2D eigenvalue weighted by atomic mass is 16.5. The van der Waals surface area contributed by atoms with E-state index in [1.807, 2.05) is 24.3 Å². The summed E-state index contributed by atoms with van der Waals surface area (Å²) in [5.74, 6) is 1.43. The van der Waals surface area contributed by atoms with Gasteiger partial charge in [-0.05, 0) is 43.5 Å². The van der Waals surface area contributed by atoms with E-state index in [-0.39, 0.29) is 5.91 Å². The number of ether oxygens (including phenoxy) is 2. The second-order valence-electron chi connectivity index (χ2n) is 5.40. The molecule has 0 aliphatic carbocycles. The van der Waals surface area contributed by atoms with Gasteiger partial charge >= 0.3 is 0 Å². The van der Waals surface area contributed by atoms with Crippen molar-refractivity contribution in [3.05, 3.63) is 48.2 Å². The topological polar surface area (TPSA) is 73.6 Å². The third-order valence-corrected chi connectivity index (χ3v) is 3.78. The summed E-state index contributed by atoms with van der Waals surface area (Å²) in [5, 5.41) is 2.93. The van der Waals surface area contributed by atoms with Crippen LogP contribution in [0.25, 0.3) is 0 Å². The minimum Gasteiger partial charge on any atom is -0.493 e. The normalized spacial score (nSPS) is 11.0. The molecule has 1 aromatic rings. The van der Waals surface area contributed by atoms with Gasteiger partial charge in [0.2, 0.25) is 5.91 Å². The first-order chi connectivity index (χ1) is 11.7. The summed E-state index contributed by atoms with van der Waals surface area (Å²) in [6, 6.07) is 5.74. The summed E-state index contributed by atoms with van der Waals surface area (Å²) in [6.07, 6.45) is 6.98. The molecule has 3 N–H and O–H groups in total. The van der Waals surface area contributed by atoms with Crippen molar-refractivity contribution in [2.45, 2.75) is 32.1 Å². The Morgan fingerprint density at radius 2 is 2.04 bits per heavy atom. The number of carbonyl (C=O) groups is 1. The van der Waals surface area contributed by atoms with Crippen LogP contribution in [-0.2, 0) is 11.2 Å². The summed E-state index contributed by atoms with van der Waals surface area (Å²) < 4.78 is 10.7. The first kappa shape index (κ1) is 19.6. The summed E-state index contributed by atoms with van der Waals surface area (Å²) in [4.78, 5) is 11.9. The molecular weight excluding hydrogens is 304 g/mol. The SMILES string of the molecule is C=CCC/C(=C\N)CCC(=O)NCCc1cccc(OC)c1OC. The molecule has 0 aromatic heterocycles. The van der Waals surface area contributed by atoms with Crippen molar-refractivity contribution in [2.24, 2.45) is 5.73 Å². The van der Waals surface area contributed by atoms with E-state index in [0.29, 0.717) is 37.3 Å². The number of methoxy groups -OCH3 is 2. The predicted molar refractivity (Wildman–Crippen MR) is 97.2 cm³/mol. The number of amides is 1. The number of allylic oxidation sites excluding steroid dienone is 2. The Morgan fingerprint density at radius 3 is 2.67 bits per heavy atom. The summed E-state index contributed by atoms with van der Waals surface area (Å²) in [7, 11) is 3.22. The number of nitrogens with two attached hydrogens (primary N) is 1. The van der Waals surface area contributed by atoms with Gasteiger partial charge in [-0.1, -0.05) is 23.8 Å². The van der Waals surface area contributed by atoms with Crippen LogP contribution in [0.4, 0.5) is 0 Å². The lowest BCUT2D eigenvalue weighted by Gasteiger charge is -2.13. The lowest BCUT2D eigenvalue weighted by molar-refractivity contribution is -0.121. The molecule has 0 radical (unpaired) electrons. The zero-order chi connectivity index (χ0) is 17.8. The summed E-state index contributed by atoms with van der Waals surface area (Å²) in [6.45, 7) is 4.24. The van der Waals surface area contributed by atoms with Crippen LogP contribution in [0.2, 0.25) is 0 Å². The maximum atomic E-state index is 11.9. The Kier molecular flexibility index (Phi) is 9.12. The molecule has 0 fully saturated rings. The van der Waals surface area contributed by atoms with Crippen LogP contribution in [-0.4, -0.2) is 26.7 Å². The van der Waals surface area contributed by atoms with Crippen molar-refractivity contribution in [1.82, 2.24) is 5.32 Å². The van der Waals surface area contributed by atoms with Crippen molar-refractivity contribution in [3.8, 4) is 11.5 Å². The number of hydrogen-bond donors (Lipinski definition) is 2. The zero-order valence-corrected chi connectivity index (χ0v) is 14.6. The first-order valence-electron chi connectivity index (χ1n) is 8.13. The zero-order valence-electron chi connectivity index (χ0n) is 14.6. The van der Waals surface area contributed by atoms with Gasteiger partial charge in [-0.2, -0.15) is 0 Å². The van der Waals surface area contributed by atoms with Gasteiger partial charge in [-0.15, -0.1) is 6.58 Å². The molecule has 1 aromatic carbocycles. The van der Waals surface area contributed by atoms with Crippen molar-refractivity contribution in [1.29, 1.82) is 0 Å². The maximum absolute atomic E-state index is 11.9. The Hall–Kier alpha value is -2.43. The van der Waals surface area contributed by atoms with E-state index in [1.54, 1.807) is 20.4 Å². The highest BCUT2D eigenvalue weighted by Crippen LogP contribution is 2.30. The predicted octanol–water partition coefficient (Wildman–Crippen LogP) is 2.95. The molecule has 0 aliphatic rings. The lowest BCUT2D eigenvalue weighted by Crippen LogP contribution is -2.25. The highest BCUT2D eigenvalue weighted by Gasteiger charge is 2.10. The molecular formula is C19H28N2O3. The van der Waals surface area contributed by atoms with Gasteiger partial charge < -0.3 is 20.5 Å². The van der Waals surface area contributed by atoms with Crippen molar-refractivity contribution in [2.75, 3.05) is 20.8 Å². The van der Waals surface area contributed by atoms with E-state index in [2.05, 4.69) is 11.9 Å². The first-order valence-corrected chi connectivity index (χ1v) is 8.13. The monoisotopic (exact) mass is 332 g/mol. The van der Waals surface area contributed by atoms with E-state index >= 15 is 0 Å². The standard InChI is InChI=1S/C19H28N2O3/c1-4-5-7-15(14-20)10-11-18(22)21-13-12-16-8-6-9-17(23-2)19(16)24-3/h4,6,8-9,14H,1,5,7,10-13,20H2,2-3H3,(H,21,22)/b15-14+. The van der Waals surface area contributed by atoms with Crippen molar-refractivity contribution >= 4 is 5.91 Å². The van der Waals surface area contributed by atoms with Crippen LogP contribution in [0, 0.1) is 0 Å². The number of carbonyl (C=O) groups excluding carboxylic acids is 1. The third kappa shape index (κ3) is 6.36. The molecule has 1 rings (SSSR count). The maximum Gasteiger partial charge on any atom is 0.220 e. The fourth-order valence-corrected chi connectivity index (χ4v) is 2.43. The lowest BCUT2D eigenvalue weighted by atomic mass is 10.1. The van der Waals surface area contributed by atoms with Gasteiger partial charge in [-0.25, -0.2) is 0 Å². The van der Waals surface area contributed by atoms with Crippen LogP contribution in [0.5, 0.6) is 11.5 Å². The molecule has 0 atom stereocenters. The molecule has 0 aliphatic heterocycles. The van der Waals surface area contributed by atoms with E-state index in [4.69, 9.17) is 15.2 Å². The van der Waals surface area contributed by atoms with E-state index < -0.39 is 0 Å². The van der Waals surface area contributed by atoms with Crippen LogP contribution >= 0.6 is 0 Å². The Balaban J connectivity index is 2.42. The second kappa shape index (κ2) is 11.2. The molecule has 5 heteroatoms. The van der Waals surface area contributed by atoms with Gasteiger partial charge in [0.15, 0.2) is 11.5 Å². The average molecular weight is 332 g/mol. The molecule has 0 bridgehead atoms. The van der Waals surface area contributed by atoms with E-state index in [1.165, 1.54) is 0 Å². The molecule has 0 unspecified atom stereocenters. The number of nitrogens with one attached hydrogen (secondary N) is 1. The third-order valence-electron chi connectivity index (χ3n) is 3.78. The minimum atomic E-state index is 0.0230. The molecule has 132 valence electrons. The molecule has 0 saturated heterocycles. The van der Waals surface area contributed by atoms with E-state index in [9.17, 15) is 4.79 Å². The van der Waals surface area contributed by atoms with Crippen molar-refractivity contribution in [3.63, 3.8) is 0 Å². The van der Waals surface area contributed by atoms with Crippen molar-refractivity contribution < 1.29 is 14.3 Å². The molecule has 0 spiro atoms. The van der Waals surface area contributed by atoms with Crippen LogP contribution in [0.3, 0.4) is 0 Å². The number of para-hydroxylation sites is 1. The molecule has 0 heterocycles. The smallest absolute Gasteiger partial charge is 0.220 e. The summed E-state index contributed by atoms with van der Waals surface area (Å²) in [5.41, 5.74) is 7.67. The Morgan fingerprint density at radius 1 is 1.25 bits per heavy atom. The van der Waals surface area contributed by atoms with Crippen LogP contribution < -0.4 is 20.5 Å². The Labute approximate surface area is 144 Å². The van der Waals surface area contributed by atoms with Gasteiger partial charge in [-0.3, -0.25) is 4.79 Å². The minimum absolute atomic E-state index is 0.0230. The van der Waals surface area contributed by atoms with Crippen LogP contribution in [0.15, 0.2) is 42.6 Å². The van der Waals surface area contributed by atoms with Gasteiger partial charge in [0.05, 0.1) is 14.2 Å². The largest absolute Gasteiger partial charge is 0.493 e. The quantitative estimate of drug-likeness (QED) is 0.611. The molecule has 1 amide bonds. The number of benzene rings is 1. The number of rotatable bonds is 11. The second-order valence-corrected chi connectivity index (χ2v) is 5.40. The van der Waals surface area contributed by atoms with Gasteiger partial charge in [0.1, 0.15) is 0 Å². The fraction of sp³-hybridized carbons (Fsp3) is 0.421.